The van der Waals surface area contributed by atoms with Crippen LogP contribution in [0.15, 0.2) is 47.7 Å². The third-order valence-corrected chi connectivity index (χ3v) is 4.91. The number of fused-ring (bicyclic) bond motifs is 1. The molecule has 2 aliphatic carbocycles. The summed E-state index contributed by atoms with van der Waals surface area (Å²) in [6.45, 7) is 6.59. The maximum atomic E-state index is 4.77. The van der Waals surface area contributed by atoms with E-state index in [0.717, 1.165) is 25.7 Å². The zero-order valence-corrected chi connectivity index (χ0v) is 13.9. The van der Waals surface area contributed by atoms with Crippen molar-refractivity contribution < 1.29 is 0 Å². The van der Waals surface area contributed by atoms with E-state index >= 15 is 0 Å². The van der Waals surface area contributed by atoms with Crippen molar-refractivity contribution in [1.29, 1.82) is 0 Å². The molecule has 22 heavy (non-hydrogen) atoms. The van der Waals surface area contributed by atoms with E-state index in [2.05, 4.69) is 57.2 Å². The van der Waals surface area contributed by atoms with Crippen LogP contribution in [-0.4, -0.2) is 4.98 Å². The maximum Gasteiger partial charge on any atom is 0.0739 e. The number of nitrogens with zero attached hydrogens (tertiary/aromatic N) is 1. The first kappa shape index (κ1) is 15.0. The Kier molecular flexibility index (Phi) is 4.42. The van der Waals surface area contributed by atoms with Crippen LogP contribution in [0.1, 0.15) is 56.9 Å². The number of allylic oxidation sites excluding steroid dienone is 7. The molecule has 0 aromatic carbocycles. The van der Waals surface area contributed by atoms with Crippen molar-refractivity contribution in [3.63, 3.8) is 0 Å². The van der Waals surface area contributed by atoms with Crippen molar-refractivity contribution in [1.82, 2.24) is 4.98 Å². The van der Waals surface area contributed by atoms with Crippen LogP contribution in [0, 0.1) is 5.92 Å². The Morgan fingerprint density at radius 2 is 2.18 bits per heavy atom. The maximum absolute atomic E-state index is 4.77. The highest BCUT2D eigenvalue weighted by Gasteiger charge is 2.24. The van der Waals surface area contributed by atoms with Crippen LogP contribution in [0.3, 0.4) is 0 Å². The predicted octanol–water partition coefficient (Wildman–Crippen LogP) is 5.75. The molecule has 0 bridgehead atoms. The molecule has 1 heterocycles. The molecule has 0 radical (unpaired) electrons. The fourth-order valence-corrected chi connectivity index (χ4v) is 3.47. The van der Waals surface area contributed by atoms with Crippen molar-refractivity contribution in [3.8, 4) is 0 Å². The summed E-state index contributed by atoms with van der Waals surface area (Å²) < 4.78 is 0. The molecule has 0 N–H and O–H groups in total. The van der Waals surface area contributed by atoms with Crippen LogP contribution in [0.25, 0.3) is 11.6 Å². The third kappa shape index (κ3) is 2.85. The Morgan fingerprint density at radius 3 is 3.00 bits per heavy atom. The minimum Gasteiger partial charge on any atom is -0.256 e. The molecule has 1 aromatic heterocycles. The van der Waals surface area contributed by atoms with Gasteiger partial charge in [0, 0.05) is 11.8 Å². The molecule has 0 saturated carbocycles. The van der Waals surface area contributed by atoms with E-state index in [0.29, 0.717) is 5.92 Å². The summed E-state index contributed by atoms with van der Waals surface area (Å²) in [5, 5.41) is 0. The van der Waals surface area contributed by atoms with E-state index in [1.807, 2.05) is 6.20 Å². The van der Waals surface area contributed by atoms with Gasteiger partial charge in [-0.15, -0.1) is 0 Å². The van der Waals surface area contributed by atoms with Gasteiger partial charge in [-0.1, -0.05) is 41.5 Å². The summed E-state index contributed by atoms with van der Waals surface area (Å²) in [7, 11) is 0. The lowest BCUT2D eigenvalue weighted by Crippen LogP contribution is -2.12. The average Bonchev–Trinajstić information content (AvgIpc) is 2.55. The molecule has 1 heteroatoms. The third-order valence-electron chi connectivity index (χ3n) is 4.91. The highest BCUT2D eigenvalue weighted by atomic mass is 14.7. The largest absolute Gasteiger partial charge is 0.256 e. The van der Waals surface area contributed by atoms with Crippen LogP contribution in [0.4, 0.5) is 0 Å². The SMILES string of the molecule is CC=CCC1CC(C)=C(C)C=C1c1nccc2c1C=CCC2. The molecule has 1 nitrogen and oxygen atoms in total. The minimum atomic E-state index is 0.550. The number of pyridine rings is 1. The topological polar surface area (TPSA) is 12.9 Å². The molecule has 0 spiro atoms. The summed E-state index contributed by atoms with van der Waals surface area (Å²) in [5.41, 5.74) is 8.34. The standard InChI is InChI=1S/C21H25N/c1-4-5-8-18-13-15(2)16(3)14-20(18)21-19-10-7-6-9-17(19)11-12-22-21/h4-5,7,10-12,14,18H,6,8-9,13H2,1-3H3. The first-order chi connectivity index (χ1) is 10.7. The van der Waals surface area contributed by atoms with Gasteiger partial charge in [-0.05, 0) is 69.6 Å². The average molecular weight is 291 g/mol. The van der Waals surface area contributed by atoms with Crippen molar-refractivity contribution in [2.45, 2.75) is 46.5 Å². The van der Waals surface area contributed by atoms with Gasteiger partial charge < -0.3 is 0 Å². The number of hydrogen-bond acceptors (Lipinski definition) is 1. The van der Waals surface area contributed by atoms with Gasteiger partial charge in [-0.25, -0.2) is 0 Å². The Bertz CT molecular complexity index is 686. The van der Waals surface area contributed by atoms with Gasteiger partial charge in [0.25, 0.3) is 0 Å². The van der Waals surface area contributed by atoms with Gasteiger partial charge in [0.1, 0.15) is 0 Å². The first-order valence-corrected chi connectivity index (χ1v) is 8.34. The summed E-state index contributed by atoms with van der Waals surface area (Å²) in [6.07, 6.45) is 17.9. The second-order valence-electron chi connectivity index (χ2n) is 6.44. The molecular formula is C21H25N. The van der Waals surface area contributed by atoms with E-state index in [9.17, 15) is 0 Å². The minimum absolute atomic E-state index is 0.550. The Labute approximate surface area is 134 Å². The summed E-state index contributed by atoms with van der Waals surface area (Å²) in [4.78, 5) is 4.77. The number of aryl methyl sites for hydroxylation is 1. The van der Waals surface area contributed by atoms with E-state index in [1.165, 1.54) is 33.5 Å². The van der Waals surface area contributed by atoms with Crippen LogP contribution in [0.2, 0.25) is 0 Å². The zero-order chi connectivity index (χ0) is 15.5. The van der Waals surface area contributed by atoms with Gasteiger partial charge in [-0.3, -0.25) is 4.98 Å². The molecule has 3 rings (SSSR count). The summed E-state index contributed by atoms with van der Waals surface area (Å²) >= 11 is 0. The van der Waals surface area contributed by atoms with Gasteiger partial charge in [0.2, 0.25) is 0 Å². The normalized spacial score (nSPS) is 21.2. The molecule has 1 unspecified atom stereocenters. The van der Waals surface area contributed by atoms with Crippen molar-refractivity contribution in [2.24, 2.45) is 5.92 Å². The Hall–Kier alpha value is -1.89. The lowest BCUT2D eigenvalue weighted by molar-refractivity contribution is 0.657. The van der Waals surface area contributed by atoms with E-state index < -0.39 is 0 Å². The van der Waals surface area contributed by atoms with Gasteiger partial charge >= 0.3 is 0 Å². The van der Waals surface area contributed by atoms with Gasteiger partial charge in [0.05, 0.1) is 5.69 Å². The molecule has 0 aliphatic heterocycles. The molecular weight excluding hydrogens is 266 g/mol. The monoisotopic (exact) mass is 291 g/mol. The smallest absolute Gasteiger partial charge is 0.0739 e. The fraction of sp³-hybridized carbons (Fsp3) is 0.381. The summed E-state index contributed by atoms with van der Waals surface area (Å²) in [5.74, 6) is 0.550. The Balaban J connectivity index is 2.08. The summed E-state index contributed by atoms with van der Waals surface area (Å²) in [6, 6.07) is 2.18. The van der Waals surface area contributed by atoms with Gasteiger partial charge in [0.15, 0.2) is 0 Å². The lowest BCUT2D eigenvalue weighted by atomic mass is 9.79. The van der Waals surface area contributed by atoms with Crippen LogP contribution < -0.4 is 0 Å². The van der Waals surface area contributed by atoms with E-state index in [1.54, 1.807) is 0 Å². The molecule has 2 aliphatic rings. The molecule has 0 saturated heterocycles. The van der Waals surface area contributed by atoms with Gasteiger partial charge in [-0.2, -0.15) is 0 Å². The predicted molar refractivity (Wildman–Crippen MR) is 95.5 cm³/mol. The highest BCUT2D eigenvalue weighted by molar-refractivity contribution is 5.78. The van der Waals surface area contributed by atoms with Crippen LogP contribution in [0.5, 0.6) is 0 Å². The number of aromatic nitrogens is 1. The molecule has 1 atom stereocenters. The molecule has 0 amide bonds. The first-order valence-electron chi connectivity index (χ1n) is 8.34. The molecule has 114 valence electrons. The van der Waals surface area contributed by atoms with E-state index in [4.69, 9.17) is 4.98 Å². The van der Waals surface area contributed by atoms with Crippen LogP contribution >= 0.6 is 0 Å². The second kappa shape index (κ2) is 6.48. The van der Waals surface area contributed by atoms with Crippen molar-refractivity contribution >= 4 is 11.6 Å². The lowest BCUT2D eigenvalue weighted by Gasteiger charge is -2.27. The molecule has 0 fully saturated rings. The highest BCUT2D eigenvalue weighted by Crippen LogP contribution is 2.39. The molecule has 1 aromatic rings. The van der Waals surface area contributed by atoms with Crippen molar-refractivity contribution in [3.05, 3.63) is 64.5 Å². The van der Waals surface area contributed by atoms with Crippen LogP contribution in [-0.2, 0) is 6.42 Å². The second-order valence-corrected chi connectivity index (χ2v) is 6.44. The fourth-order valence-electron chi connectivity index (χ4n) is 3.47. The Morgan fingerprint density at radius 1 is 1.32 bits per heavy atom. The number of rotatable bonds is 3. The van der Waals surface area contributed by atoms with E-state index in [-0.39, 0.29) is 0 Å². The zero-order valence-electron chi connectivity index (χ0n) is 13.9. The quantitative estimate of drug-likeness (QED) is 0.646. The van der Waals surface area contributed by atoms with Crippen molar-refractivity contribution in [2.75, 3.05) is 0 Å². The number of hydrogen-bond donors (Lipinski definition) is 0.